The number of fused-ring (bicyclic) bond motifs is 2. The van der Waals surface area contributed by atoms with Gasteiger partial charge in [0.2, 0.25) is 0 Å². The molecule has 174 valence electrons. The van der Waals surface area contributed by atoms with E-state index in [2.05, 4.69) is 10.6 Å². The minimum absolute atomic E-state index is 0.114. The predicted molar refractivity (Wildman–Crippen MR) is 121 cm³/mol. The number of anilines is 2. The first-order valence-corrected chi connectivity index (χ1v) is 10.5. The van der Waals surface area contributed by atoms with Crippen LogP contribution in [0.3, 0.4) is 0 Å². The molecule has 0 aliphatic heterocycles. The summed E-state index contributed by atoms with van der Waals surface area (Å²) in [6.45, 7) is -0.244. The summed E-state index contributed by atoms with van der Waals surface area (Å²) in [6, 6.07) is 11.8. The standard InChI is InChI=1S/C25H21F2N3O4/c26-16-5-8-22(20(27)11-16)30-17-6-7-18-14(9-17)3-1-13-2-4-15(10-19(13)23(18)31)24(32)29-12-21(28)25(33)34/h2,4-11,21,30H,1,3,12,28H2,(H,29,32)(H,33,34)/t21-/m0/s1. The molecule has 9 heteroatoms. The van der Waals surface area contributed by atoms with Crippen LogP contribution in [0.4, 0.5) is 20.2 Å². The van der Waals surface area contributed by atoms with Gasteiger partial charge < -0.3 is 21.5 Å². The van der Waals surface area contributed by atoms with Crippen LogP contribution in [0.25, 0.3) is 0 Å². The number of halogens is 2. The number of benzene rings is 3. The number of nitrogens with one attached hydrogen (secondary N) is 2. The maximum atomic E-state index is 14.0. The van der Waals surface area contributed by atoms with Crippen LogP contribution in [0.5, 0.6) is 0 Å². The van der Waals surface area contributed by atoms with Crippen molar-refractivity contribution in [2.24, 2.45) is 5.73 Å². The third kappa shape index (κ3) is 4.79. The highest BCUT2D eigenvalue weighted by atomic mass is 19.1. The van der Waals surface area contributed by atoms with Gasteiger partial charge in [-0.05, 0) is 66.4 Å². The average molecular weight is 465 g/mol. The van der Waals surface area contributed by atoms with Gasteiger partial charge in [-0.1, -0.05) is 6.07 Å². The summed E-state index contributed by atoms with van der Waals surface area (Å²) in [5.41, 5.74) is 8.69. The Labute approximate surface area is 193 Å². The molecule has 5 N–H and O–H groups in total. The van der Waals surface area contributed by atoms with Gasteiger partial charge in [-0.2, -0.15) is 0 Å². The summed E-state index contributed by atoms with van der Waals surface area (Å²) >= 11 is 0. The number of hydrogen-bond acceptors (Lipinski definition) is 5. The van der Waals surface area contributed by atoms with Crippen LogP contribution >= 0.6 is 0 Å². The van der Waals surface area contributed by atoms with Gasteiger partial charge in [0.15, 0.2) is 5.78 Å². The van der Waals surface area contributed by atoms with Crippen LogP contribution in [0, 0.1) is 11.6 Å². The van der Waals surface area contributed by atoms with E-state index in [9.17, 15) is 23.2 Å². The van der Waals surface area contributed by atoms with E-state index in [1.54, 1.807) is 30.3 Å². The minimum atomic E-state index is -1.23. The first-order valence-electron chi connectivity index (χ1n) is 10.5. The summed E-state index contributed by atoms with van der Waals surface area (Å²) in [6.07, 6.45) is 1.10. The largest absolute Gasteiger partial charge is 0.480 e. The quantitative estimate of drug-likeness (QED) is 0.444. The van der Waals surface area contributed by atoms with E-state index in [-0.39, 0.29) is 23.6 Å². The number of aliphatic carboxylic acids is 1. The number of carbonyl (C=O) groups excluding carboxylic acids is 2. The van der Waals surface area contributed by atoms with Gasteiger partial charge in [-0.25, -0.2) is 8.78 Å². The lowest BCUT2D eigenvalue weighted by Gasteiger charge is -2.12. The number of aryl methyl sites for hydroxylation is 2. The Bertz CT molecular complexity index is 1310. The molecule has 0 fully saturated rings. The maximum absolute atomic E-state index is 14.0. The molecule has 1 aliphatic rings. The molecule has 0 saturated carbocycles. The third-order valence-electron chi connectivity index (χ3n) is 5.64. The molecule has 0 radical (unpaired) electrons. The number of rotatable bonds is 6. The number of amides is 1. The molecule has 7 nitrogen and oxygen atoms in total. The molecule has 1 amide bonds. The van der Waals surface area contributed by atoms with Crippen LogP contribution in [0.1, 0.15) is 37.4 Å². The lowest BCUT2D eigenvalue weighted by atomic mass is 9.96. The van der Waals surface area contributed by atoms with E-state index in [1.807, 2.05) is 0 Å². The number of carboxylic acid groups (broad SMARTS) is 1. The third-order valence-corrected chi connectivity index (χ3v) is 5.64. The number of ketones is 1. The zero-order valence-corrected chi connectivity index (χ0v) is 17.9. The van der Waals surface area contributed by atoms with Crippen molar-refractivity contribution in [1.29, 1.82) is 0 Å². The summed E-state index contributed by atoms with van der Waals surface area (Å²) in [5.74, 6) is -3.42. The van der Waals surface area contributed by atoms with Gasteiger partial charge in [0.05, 0.1) is 5.69 Å². The lowest BCUT2D eigenvalue weighted by Crippen LogP contribution is -2.42. The molecule has 0 saturated heterocycles. The van der Waals surface area contributed by atoms with Crippen molar-refractivity contribution in [2.45, 2.75) is 18.9 Å². The Morgan fingerprint density at radius 2 is 1.74 bits per heavy atom. The van der Waals surface area contributed by atoms with Crippen molar-refractivity contribution in [3.05, 3.63) is 94.0 Å². The van der Waals surface area contributed by atoms with Crippen LogP contribution in [0.2, 0.25) is 0 Å². The van der Waals surface area contributed by atoms with Gasteiger partial charge >= 0.3 is 5.97 Å². The van der Waals surface area contributed by atoms with Crippen molar-refractivity contribution in [1.82, 2.24) is 5.32 Å². The van der Waals surface area contributed by atoms with Crippen LogP contribution in [0.15, 0.2) is 54.6 Å². The van der Waals surface area contributed by atoms with E-state index in [1.165, 1.54) is 12.1 Å². The molecule has 0 unspecified atom stereocenters. The summed E-state index contributed by atoms with van der Waals surface area (Å²) in [4.78, 5) is 36.5. The smallest absolute Gasteiger partial charge is 0.322 e. The zero-order chi connectivity index (χ0) is 24.4. The van der Waals surface area contributed by atoms with Crippen molar-refractivity contribution in [2.75, 3.05) is 11.9 Å². The summed E-state index contributed by atoms with van der Waals surface area (Å²) in [7, 11) is 0. The van der Waals surface area contributed by atoms with Gasteiger partial charge in [0.25, 0.3) is 5.91 Å². The minimum Gasteiger partial charge on any atom is -0.480 e. The molecule has 0 aromatic heterocycles. The second kappa shape index (κ2) is 9.40. The van der Waals surface area contributed by atoms with Gasteiger partial charge in [-0.3, -0.25) is 14.4 Å². The van der Waals surface area contributed by atoms with Crippen molar-refractivity contribution in [3.8, 4) is 0 Å². The van der Waals surface area contributed by atoms with E-state index in [0.717, 1.165) is 23.3 Å². The van der Waals surface area contributed by atoms with Crippen LogP contribution < -0.4 is 16.4 Å². The zero-order valence-electron chi connectivity index (χ0n) is 17.9. The highest BCUT2D eigenvalue weighted by Gasteiger charge is 2.23. The Kier molecular flexibility index (Phi) is 6.38. The SMILES string of the molecule is N[C@@H](CNC(=O)c1ccc2c(c1)C(=O)c1ccc(Nc3ccc(F)cc3F)cc1CC2)C(=O)O. The van der Waals surface area contributed by atoms with Crippen molar-refractivity contribution < 1.29 is 28.3 Å². The summed E-state index contributed by atoms with van der Waals surface area (Å²) in [5, 5.41) is 14.2. The van der Waals surface area contributed by atoms with Crippen LogP contribution in [-0.4, -0.2) is 35.4 Å². The molecule has 3 aromatic rings. The van der Waals surface area contributed by atoms with E-state index < -0.39 is 29.6 Å². The highest BCUT2D eigenvalue weighted by Crippen LogP contribution is 2.29. The molecule has 0 spiro atoms. The van der Waals surface area contributed by atoms with E-state index in [0.29, 0.717) is 29.7 Å². The molecule has 3 aromatic carbocycles. The fourth-order valence-corrected chi connectivity index (χ4v) is 3.80. The average Bonchev–Trinajstić information content (AvgIpc) is 2.95. The molecule has 34 heavy (non-hydrogen) atoms. The Morgan fingerprint density at radius 3 is 2.47 bits per heavy atom. The maximum Gasteiger partial charge on any atom is 0.322 e. The monoisotopic (exact) mass is 465 g/mol. The van der Waals surface area contributed by atoms with Crippen molar-refractivity contribution in [3.63, 3.8) is 0 Å². The number of carbonyl (C=O) groups is 3. The topological polar surface area (TPSA) is 122 Å². The number of hydrogen-bond donors (Lipinski definition) is 4. The first kappa shape index (κ1) is 23.1. The Balaban J connectivity index is 1.57. The second-order valence-corrected chi connectivity index (χ2v) is 7.98. The van der Waals surface area contributed by atoms with Crippen LogP contribution in [-0.2, 0) is 17.6 Å². The summed E-state index contributed by atoms with van der Waals surface area (Å²) < 4.78 is 27.2. The van der Waals surface area contributed by atoms with E-state index in [4.69, 9.17) is 10.8 Å². The first-order chi connectivity index (χ1) is 16.2. The molecule has 1 atom stereocenters. The number of nitrogens with two attached hydrogens (primary N) is 1. The van der Waals surface area contributed by atoms with Crippen molar-refractivity contribution >= 4 is 29.0 Å². The molecule has 0 bridgehead atoms. The molecular weight excluding hydrogens is 444 g/mol. The molecule has 1 aliphatic carbocycles. The van der Waals surface area contributed by atoms with E-state index >= 15 is 0 Å². The fraction of sp³-hybridized carbons (Fsp3) is 0.160. The Hall–Kier alpha value is -4.11. The predicted octanol–water partition coefficient (Wildman–Crippen LogP) is 3.18. The Morgan fingerprint density at radius 1 is 0.971 bits per heavy atom. The van der Waals surface area contributed by atoms with Gasteiger partial charge in [0.1, 0.15) is 17.7 Å². The van der Waals surface area contributed by atoms with Gasteiger partial charge in [0, 0.05) is 35.0 Å². The molecule has 4 rings (SSSR count). The molecular formula is C25H21F2N3O4. The fourth-order valence-electron chi connectivity index (χ4n) is 3.80. The van der Waals surface area contributed by atoms with Gasteiger partial charge in [-0.15, -0.1) is 0 Å². The highest BCUT2D eigenvalue weighted by molar-refractivity contribution is 6.12. The lowest BCUT2D eigenvalue weighted by molar-refractivity contribution is -0.138. The second-order valence-electron chi connectivity index (χ2n) is 7.98. The number of carboxylic acids is 1. The normalized spacial score (nSPS) is 13.3. The molecule has 0 heterocycles.